The molecule has 0 aromatic rings. The number of rotatable bonds is 0. The Hall–Kier alpha value is 0.669. The second kappa shape index (κ2) is 26.6. The first-order valence-corrected chi connectivity index (χ1v) is 5.55. The maximum atomic E-state index is 8.49. The Kier molecular flexibility index (Phi) is 80.1. The van der Waals surface area contributed by atoms with Crippen molar-refractivity contribution in [3.63, 3.8) is 0 Å². The summed E-state index contributed by atoms with van der Waals surface area (Å²) < 4.78 is 102. The molecular weight excluding hydrogens is 458 g/mol. The summed E-state index contributed by atoms with van der Waals surface area (Å²) in [4.78, 5) is 0. The third-order valence-corrected chi connectivity index (χ3v) is 0. The van der Waals surface area contributed by atoms with Crippen LogP contribution in [0.15, 0.2) is 0 Å². The smallest absolute Gasteiger partial charge is 0 e. The fourth-order valence-electron chi connectivity index (χ4n) is 0. The van der Waals surface area contributed by atoms with Crippen LogP contribution in [0.25, 0.3) is 0 Å². The van der Waals surface area contributed by atoms with E-state index in [4.69, 9.17) is 55.9 Å². The number of hydrogen-bond donors (Lipinski definition) is 0. The molecule has 0 spiro atoms. The van der Waals surface area contributed by atoms with Crippen molar-refractivity contribution in [2.45, 2.75) is 0 Å². The summed E-state index contributed by atoms with van der Waals surface area (Å²) in [7, 11) is -14.8. The zero-order chi connectivity index (χ0) is 13.5. The molecule has 18 nitrogen and oxygen atoms in total. The van der Waals surface area contributed by atoms with E-state index in [9.17, 15) is 0 Å². The average Bonchev–Trinajstić information content (AvgIpc) is 1.41. The fraction of sp³-hybridized carbons (Fsp3) is 0. The van der Waals surface area contributed by atoms with E-state index >= 15 is 0 Å². The summed E-state index contributed by atoms with van der Waals surface area (Å²) in [5, 5.41) is 0. The van der Waals surface area contributed by atoms with Gasteiger partial charge in [-0.2, -0.15) is 0 Å². The molecule has 0 rings (SSSR count). The van der Waals surface area contributed by atoms with Crippen LogP contribution in [0.4, 0.5) is 0 Å². The van der Waals surface area contributed by atoms with E-state index in [1.807, 2.05) is 0 Å². The Morgan fingerprint density at radius 3 is 0.273 bits per heavy atom. The maximum Gasteiger partial charge on any atom is 0 e. The molecule has 155 valence electrons. The first-order chi connectivity index (χ1) is 6.00. The molecule has 0 aromatic carbocycles. The summed E-state index contributed by atoms with van der Waals surface area (Å²) in [5.41, 5.74) is 0. The Labute approximate surface area is 137 Å². The molecule has 0 unspecified atom stereocenters. The van der Waals surface area contributed by atoms with Gasteiger partial charge in [0, 0.05) is 17.1 Å². The van der Waals surface area contributed by atoms with Gasteiger partial charge in [0.05, 0.1) is 0 Å². The van der Waals surface area contributed by atoms with Crippen molar-refractivity contribution >= 4 is 0 Å². The van der Waals surface area contributed by atoms with Gasteiger partial charge in [-0.1, -0.05) is 0 Å². The van der Waals surface area contributed by atoms with Gasteiger partial charge in [0.1, 0.15) is 0 Å². The minimum Gasteiger partial charge on any atom is -0.412 e. The quantitative estimate of drug-likeness (QED) is 0.298. The predicted molar refractivity (Wildman–Crippen MR) is 21.7 cm³/mol. The second-order valence-corrected chi connectivity index (χ2v) is 3.40. The van der Waals surface area contributed by atoms with E-state index in [0.717, 1.165) is 0 Å². The third-order valence-electron chi connectivity index (χ3n) is 0. The summed E-state index contributed by atoms with van der Waals surface area (Å²) in [5.74, 6) is 0. The molecule has 0 atom stereocenters. The van der Waals surface area contributed by atoms with Crippen molar-refractivity contribution in [3.05, 3.63) is 0 Å². The summed E-state index contributed by atoms with van der Waals surface area (Å²) >= 11 is 0. The molecule has 0 heterocycles. The van der Waals surface area contributed by atoms with Crippen molar-refractivity contribution in [2.75, 3.05) is 0 Å². The summed E-state index contributed by atoms with van der Waals surface area (Å²) in [6.07, 6.45) is 0. The maximum absolute atomic E-state index is 8.49. The van der Waals surface area contributed by atoms with Crippen LogP contribution in [0.5, 0.6) is 0 Å². The fourth-order valence-corrected chi connectivity index (χ4v) is 0. The van der Waals surface area contributed by atoms with Gasteiger partial charge in [-0.15, -0.1) is 30.7 Å². The largest absolute Gasteiger partial charge is 0.412 e. The van der Waals surface area contributed by atoms with Gasteiger partial charge in [-0.3, -0.25) is 0 Å². The Balaban J connectivity index is -0.0000000106. The van der Waals surface area contributed by atoms with Gasteiger partial charge >= 0.3 is 0 Å². The molecule has 0 saturated carbocycles. The van der Waals surface area contributed by atoms with Crippen molar-refractivity contribution in [2.24, 2.45) is 0 Å². The van der Waals surface area contributed by atoms with Gasteiger partial charge < -0.3 is 32.9 Å². The SMILES string of the molecule is O.O.O.O.O.O.[Cu].[O-][Cl+3]([O-])([O-])[O-].[O-][Cl+3]([O-])([O-])[O-].[O-][Cl+3]([O-])([O-])[O-]. The molecule has 0 bridgehead atoms. The molecule has 0 amide bonds. The third kappa shape index (κ3) is 17800. The Morgan fingerprint density at radius 1 is 0.273 bits per heavy atom. The van der Waals surface area contributed by atoms with Gasteiger partial charge in [0.15, 0.2) is 0 Å². The molecule has 22 heavy (non-hydrogen) atoms. The van der Waals surface area contributed by atoms with E-state index in [0.29, 0.717) is 0 Å². The summed E-state index contributed by atoms with van der Waals surface area (Å²) in [6, 6.07) is 0. The molecule has 12 N–H and O–H groups in total. The van der Waals surface area contributed by atoms with Gasteiger partial charge in [0.25, 0.3) is 0 Å². The Bertz CT molecular complexity index is 93.4. The average molecular weight is 470 g/mol. The standard InChI is InChI=1S/3ClHO4.Cu.6H2O/c3*2-1(3,4)5;;;;;;;/h3*(H,2,3,4,5);;6*1H2/p-3. The zero-order valence-electron chi connectivity index (χ0n) is 9.33. The first kappa shape index (κ1) is 66.3. The number of hydrogen-bond acceptors (Lipinski definition) is 12. The van der Waals surface area contributed by atoms with Crippen molar-refractivity contribution < 1.29 is 137 Å². The van der Waals surface area contributed by atoms with Crippen LogP contribution in [0.3, 0.4) is 0 Å². The van der Waals surface area contributed by atoms with Crippen LogP contribution >= 0.6 is 0 Å². The topological polar surface area (TPSA) is 466 Å². The molecule has 0 aromatic heterocycles. The van der Waals surface area contributed by atoms with Gasteiger partial charge in [-0.25, -0.2) is 55.9 Å². The molecule has 22 heteroatoms. The van der Waals surface area contributed by atoms with E-state index in [1.165, 1.54) is 0 Å². The Morgan fingerprint density at radius 2 is 0.273 bits per heavy atom. The predicted octanol–water partition coefficient (Wildman–Crippen LogP) is -19.2. The monoisotopic (exact) mass is 468 g/mol. The molecule has 0 saturated heterocycles. The molecule has 0 aliphatic heterocycles. The minimum absolute atomic E-state index is 0. The number of halogens is 3. The van der Waals surface area contributed by atoms with Crippen molar-refractivity contribution in [1.29, 1.82) is 0 Å². The normalized spacial score (nSPS) is 8.18. The van der Waals surface area contributed by atoms with E-state index in [2.05, 4.69) is 0 Å². The molecule has 1 radical (unpaired) electrons. The minimum atomic E-state index is -4.94. The first-order valence-electron chi connectivity index (χ1n) is 1.85. The van der Waals surface area contributed by atoms with Gasteiger partial charge in [0.2, 0.25) is 0 Å². The summed E-state index contributed by atoms with van der Waals surface area (Å²) in [6.45, 7) is 0. The molecular formula is H12Cl3CuO18-3. The van der Waals surface area contributed by atoms with Crippen LogP contribution in [-0.4, -0.2) is 32.9 Å². The van der Waals surface area contributed by atoms with E-state index in [1.54, 1.807) is 0 Å². The van der Waals surface area contributed by atoms with Crippen molar-refractivity contribution in [3.8, 4) is 0 Å². The van der Waals surface area contributed by atoms with Crippen LogP contribution in [0, 0.1) is 30.7 Å². The molecule has 0 fully saturated rings. The van der Waals surface area contributed by atoms with Gasteiger partial charge in [-0.05, 0) is 0 Å². The zero-order valence-corrected chi connectivity index (χ0v) is 12.5. The van der Waals surface area contributed by atoms with E-state index in [-0.39, 0.29) is 49.9 Å². The molecule has 0 aliphatic carbocycles. The van der Waals surface area contributed by atoms with E-state index < -0.39 is 30.7 Å². The van der Waals surface area contributed by atoms with Crippen molar-refractivity contribution in [1.82, 2.24) is 0 Å². The molecule has 0 aliphatic rings. The second-order valence-electron chi connectivity index (χ2n) is 1.13. The van der Waals surface area contributed by atoms with Crippen LogP contribution < -0.4 is 55.9 Å². The van der Waals surface area contributed by atoms with Crippen LogP contribution in [0.2, 0.25) is 0 Å². The van der Waals surface area contributed by atoms with Crippen LogP contribution in [-0.2, 0) is 17.1 Å². The van der Waals surface area contributed by atoms with Crippen LogP contribution in [0.1, 0.15) is 0 Å².